The van der Waals surface area contributed by atoms with E-state index in [4.69, 9.17) is 4.74 Å². The maximum absolute atomic E-state index is 11.1. The second-order valence-electron chi connectivity index (χ2n) is 3.48. The maximum atomic E-state index is 11.1. The molecule has 0 amide bonds. The summed E-state index contributed by atoms with van der Waals surface area (Å²) in [6.45, 7) is 5.21. The first kappa shape index (κ1) is 13.3. The first-order valence-electron chi connectivity index (χ1n) is 5.55. The van der Waals surface area contributed by atoms with Gasteiger partial charge in [-0.05, 0) is 32.4 Å². The summed E-state index contributed by atoms with van der Waals surface area (Å²) in [5.74, 6) is 1.17. The second-order valence-corrected chi connectivity index (χ2v) is 4.65. The summed E-state index contributed by atoms with van der Waals surface area (Å²) in [5.41, 5.74) is 0.777. The van der Waals surface area contributed by atoms with Crippen LogP contribution in [0.15, 0.2) is 29.2 Å². The van der Waals surface area contributed by atoms with E-state index in [0.29, 0.717) is 0 Å². The van der Waals surface area contributed by atoms with Gasteiger partial charge in [0.15, 0.2) is 5.78 Å². The Bertz CT molecular complexity index is 319. The van der Waals surface area contributed by atoms with Crippen molar-refractivity contribution in [2.24, 2.45) is 0 Å². The molecule has 3 heteroatoms. The third kappa shape index (κ3) is 4.81. The molecular weight excluding hydrogens is 220 g/mol. The van der Waals surface area contributed by atoms with E-state index in [9.17, 15) is 4.79 Å². The molecule has 1 aromatic rings. The Morgan fingerprint density at radius 1 is 1.31 bits per heavy atom. The third-order valence-corrected chi connectivity index (χ3v) is 3.27. The van der Waals surface area contributed by atoms with Crippen LogP contribution in [-0.2, 0) is 4.74 Å². The first-order valence-corrected chi connectivity index (χ1v) is 6.54. The average molecular weight is 238 g/mol. The summed E-state index contributed by atoms with van der Waals surface area (Å²) < 4.78 is 5.26. The predicted octanol–water partition coefficient (Wildman–Crippen LogP) is 3.41. The van der Waals surface area contributed by atoms with Gasteiger partial charge in [-0.25, -0.2) is 0 Å². The predicted molar refractivity (Wildman–Crippen MR) is 68.3 cm³/mol. The fourth-order valence-corrected chi connectivity index (χ4v) is 2.11. The highest BCUT2D eigenvalue weighted by Crippen LogP contribution is 2.19. The van der Waals surface area contributed by atoms with Gasteiger partial charge in [-0.2, -0.15) is 0 Å². The van der Waals surface area contributed by atoms with Gasteiger partial charge in [-0.1, -0.05) is 12.1 Å². The Morgan fingerprint density at radius 2 is 2.00 bits per heavy atom. The zero-order valence-electron chi connectivity index (χ0n) is 9.86. The number of thioether (sulfide) groups is 1. The van der Waals surface area contributed by atoms with Crippen LogP contribution in [-0.4, -0.2) is 24.7 Å². The molecule has 0 bridgehead atoms. The summed E-state index contributed by atoms with van der Waals surface area (Å²) in [4.78, 5) is 12.3. The van der Waals surface area contributed by atoms with Crippen LogP contribution in [0.2, 0.25) is 0 Å². The molecule has 0 saturated carbocycles. The Hall–Kier alpha value is -0.800. The van der Waals surface area contributed by atoms with Gasteiger partial charge in [0.1, 0.15) is 0 Å². The molecule has 0 aliphatic heterocycles. The molecule has 2 nitrogen and oxygen atoms in total. The minimum absolute atomic E-state index is 0.118. The number of ether oxygens (including phenoxy) is 1. The SMILES string of the molecule is CCOCCCSc1ccc(C(C)=O)cc1. The van der Waals surface area contributed by atoms with Gasteiger partial charge in [0.05, 0.1) is 0 Å². The van der Waals surface area contributed by atoms with Crippen LogP contribution < -0.4 is 0 Å². The molecule has 0 fully saturated rings. The van der Waals surface area contributed by atoms with Crippen LogP contribution in [0.4, 0.5) is 0 Å². The van der Waals surface area contributed by atoms with Crippen molar-refractivity contribution in [1.29, 1.82) is 0 Å². The lowest BCUT2D eigenvalue weighted by Gasteiger charge is -2.03. The van der Waals surface area contributed by atoms with Gasteiger partial charge in [0.25, 0.3) is 0 Å². The standard InChI is InChI=1S/C13H18O2S/c1-3-15-9-4-10-16-13-7-5-12(6-8-13)11(2)14/h5-8H,3-4,9-10H2,1-2H3. The maximum Gasteiger partial charge on any atom is 0.159 e. The number of benzene rings is 1. The smallest absolute Gasteiger partial charge is 0.159 e. The molecule has 0 saturated heterocycles. The largest absolute Gasteiger partial charge is 0.382 e. The molecule has 0 unspecified atom stereocenters. The first-order chi connectivity index (χ1) is 7.74. The molecule has 1 rings (SSSR count). The molecule has 0 aliphatic rings. The number of carbonyl (C=O) groups is 1. The minimum atomic E-state index is 0.118. The molecule has 1 aromatic carbocycles. The van der Waals surface area contributed by atoms with Crippen molar-refractivity contribution < 1.29 is 9.53 Å². The number of carbonyl (C=O) groups excluding carboxylic acids is 1. The molecule has 88 valence electrons. The summed E-state index contributed by atoms with van der Waals surface area (Å²) in [5, 5.41) is 0. The molecule has 0 aromatic heterocycles. The van der Waals surface area contributed by atoms with E-state index in [2.05, 4.69) is 0 Å². The lowest BCUT2D eigenvalue weighted by Crippen LogP contribution is -1.94. The summed E-state index contributed by atoms with van der Waals surface area (Å²) in [6.07, 6.45) is 1.06. The Balaban J connectivity index is 2.29. The molecule has 0 radical (unpaired) electrons. The number of hydrogen-bond donors (Lipinski definition) is 0. The van der Waals surface area contributed by atoms with E-state index in [1.54, 1.807) is 18.7 Å². The van der Waals surface area contributed by atoms with Crippen molar-refractivity contribution >= 4 is 17.5 Å². The van der Waals surface area contributed by atoms with Crippen molar-refractivity contribution in [1.82, 2.24) is 0 Å². The van der Waals surface area contributed by atoms with Crippen LogP contribution in [0.3, 0.4) is 0 Å². The average Bonchev–Trinajstić information content (AvgIpc) is 2.29. The highest BCUT2D eigenvalue weighted by molar-refractivity contribution is 7.99. The molecule has 0 N–H and O–H groups in total. The highest BCUT2D eigenvalue weighted by Gasteiger charge is 1.99. The Morgan fingerprint density at radius 3 is 2.56 bits per heavy atom. The Kier molecular flexibility index (Phi) is 6.19. The molecule has 0 spiro atoms. The van der Waals surface area contributed by atoms with Crippen molar-refractivity contribution in [3.05, 3.63) is 29.8 Å². The van der Waals surface area contributed by atoms with Crippen LogP contribution in [0.1, 0.15) is 30.6 Å². The topological polar surface area (TPSA) is 26.3 Å². The number of hydrogen-bond acceptors (Lipinski definition) is 3. The lowest BCUT2D eigenvalue weighted by molar-refractivity contribution is 0.101. The molecule has 0 heterocycles. The fraction of sp³-hybridized carbons (Fsp3) is 0.462. The van der Waals surface area contributed by atoms with Crippen LogP contribution in [0, 0.1) is 0 Å². The third-order valence-electron chi connectivity index (χ3n) is 2.17. The lowest BCUT2D eigenvalue weighted by atomic mass is 10.2. The highest BCUT2D eigenvalue weighted by atomic mass is 32.2. The Labute approximate surface area is 101 Å². The van der Waals surface area contributed by atoms with Gasteiger partial charge < -0.3 is 4.74 Å². The van der Waals surface area contributed by atoms with Crippen LogP contribution in [0.25, 0.3) is 0 Å². The van der Waals surface area contributed by atoms with Crippen LogP contribution >= 0.6 is 11.8 Å². The van der Waals surface area contributed by atoms with E-state index in [1.807, 2.05) is 31.2 Å². The van der Waals surface area contributed by atoms with E-state index < -0.39 is 0 Å². The van der Waals surface area contributed by atoms with Gasteiger partial charge >= 0.3 is 0 Å². The fourth-order valence-electron chi connectivity index (χ4n) is 1.28. The van der Waals surface area contributed by atoms with Gasteiger partial charge in [-0.3, -0.25) is 4.79 Å². The zero-order valence-corrected chi connectivity index (χ0v) is 10.7. The van der Waals surface area contributed by atoms with E-state index in [-0.39, 0.29) is 5.78 Å². The molecule has 0 aliphatic carbocycles. The van der Waals surface area contributed by atoms with Crippen molar-refractivity contribution in [3.63, 3.8) is 0 Å². The van der Waals surface area contributed by atoms with Gasteiger partial charge in [0.2, 0.25) is 0 Å². The van der Waals surface area contributed by atoms with Crippen molar-refractivity contribution in [2.45, 2.75) is 25.2 Å². The summed E-state index contributed by atoms with van der Waals surface area (Å²) in [6, 6.07) is 7.77. The number of rotatable bonds is 7. The monoisotopic (exact) mass is 238 g/mol. The molecule has 16 heavy (non-hydrogen) atoms. The van der Waals surface area contributed by atoms with E-state index in [0.717, 1.165) is 31.0 Å². The molecule has 0 atom stereocenters. The molecular formula is C13H18O2S. The van der Waals surface area contributed by atoms with E-state index in [1.165, 1.54) is 4.90 Å². The van der Waals surface area contributed by atoms with E-state index >= 15 is 0 Å². The zero-order chi connectivity index (χ0) is 11.8. The number of Topliss-reactive ketones (excluding diaryl/α,β-unsaturated/α-hetero) is 1. The summed E-state index contributed by atoms with van der Waals surface area (Å²) in [7, 11) is 0. The van der Waals surface area contributed by atoms with Crippen molar-refractivity contribution in [2.75, 3.05) is 19.0 Å². The van der Waals surface area contributed by atoms with Gasteiger partial charge in [-0.15, -0.1) is 11.8 Å². The van der Waals surface area contributed by atoms with Crippen molar-refractivity contribution in [3.8, 4) is 0 Å². The number of ketones is 1. The van der Waals surface area contributed by atoms with Gasteiger partial charge in [0, 0.05) is 29.4 Å². The minimum Gasteiger partial charge on any atom is -0.382 e. The normalized spacial score (nSPS) is 10.4. The van der Waals surface area contributed by atoms with Crippen LogP contribution in [0.5, 0.6) is 0 Å². The quantitative estimate of drug-likeness (QED) is 0.414. The second kappa shape index (κ2) is 7.47. The summed E-state index contributed by atoms with van der Waals surface area (Å²) >= 11 is 1.80.